The van der Waals surface area contributed by atoms with Crippen LogP contribution in [0.15, 0.2) is 12.2 Å². The van der Waals surface area contributed by atoms with Gasteiger partial charge in [0.05, 0.1) is 0 Å². The molecule has 0 atom stereocenters. The van der Waals surface area contributed by atoms with Gasteiger partial charge in [0, 0.05) is 0 Å². The fraction of sp³-hybridized carbons (Fsp3) is 0.333. The summed E-state index contributed by atoms with van der Waals surface area (Å²) in [4.78, 5) is 0. The molecule has 0 fully saturated rings. The minimum absolute atomic E-state index is 0. The van der Waals surface area contributed by atoms with Crippen LogP contribution in [0.2, 0.25) is 0 Å². The minimum atomic E-state index is -1.37. The van der Waals surface area contributed by atoms with Gasteiger partial charge < -0.3 is 6.15 Å². The summed E-state index contributed by atoms with van der Waals surface area (Å²) < 4.78 is 32.3. The molecule has 0 spiro atoms. The molecular weight excluding hydrogens is 107 g/mol. The van der Waals surface area contributed by atoms with Gasteiger partial charge in [-0.25, -0.2) is 13.2 Å². The zero-order valence-corrected chi connectivity index (χ0v) is 3.63. The van der Waals surface area contributed by atoms with Gasteiger partial charge in [0.15, 0.2) is 5.83 Å². The lowest BCUT2D eigenvalue weighted by atomic mass is 10.7. The summed E-state index contributed by atoms with van der Waals surface area (Å²) in [5.74, 6) is -1.37. The quantitative estimate of drug-likeness (QED) is 0.553. The van der Waals surface area contributed by atoms with Crippen LogP contribution in [0.25, 0.3) is 0 Å². The highest BCUT2D eigenvalue weighted by molar-refractivity contribution is 4.82. The number of allylic oxidation sites excluding steroid dienone is 1. The highest BCUT2D eigenvalue weighted by Crippen LogP contribution is 1.94. The number of halogens is 3. The second-order valence-corrected chi connectivity index (χ2v) is 0.690. The van der Waals surface area contributed by atoms with E-state index in [0.717, 1.165) is 0 Å². The van der Waals surface area contributed by atoms with Gasteiger partial charge in [-0.1, -0.05) is 0 Å². The molecule has 0 aromatic carbocycles. The Labute approximate surface area is 39.4 Å². The molecule has 7 heavy (non-hydrogen) atoms. The first-order valence-corrected chi connectivity index (χ1v) is 1.32. The average Bonchev–Trinajstić information content (AvgIpc) is 1.65. The van der Waals surface area contributed by atoms with Gasteiger partial charge in [-0.05, 0) is 0 Å². The van der Waals surface area contributed by atoms with Crippen molar-refractivity contribution in [3.05, 3.63) is 12.2 Å². The molecule has 1 nitrogen and oxygen atoms in total. The summed E-state index contributed by atoms with van der Waals surface area (Å²) in [6.45, 7) is -1.35. The van der Waals surface area contributed by atoms with E-state index in [1.807, 2.05) is 0 Å². The van der Waals surface area contributed by atoms with Crippen LogP contribution in [0.3, 0.4) is 0 Å². The minimum Gasteiger partial charge on any atom is -0.344 e. The Bertz CT molecular complexity index is 61.2. The predicted octanol–water partition coefficient (Wildman–Crippen LogP) is 1.90. The third-order valence-corrected chi connectivity index (χ3v) is 0.246. The van der Waals surface area contributed by atoms with E-state index in [0.29, 0.717) is 0 Å². The molecule has 0 rings (SSSR count). The Morgan fingerprint density at radius 3 is 2.00 bits per heavy atom. The molecule has 0 bridgehead atoms. The molecule has 0 radical (unpaired) electrons. The van der Waals surface area contributed by atoms with Crippen molar-refractivity contribution in [1.29, 1.82) is 0 Å². The van der Waals surface area contributed by atoms with Gasteiger partial charge in [-0.2, -0.15) is 0 Å². The lowest BCUT2D eigenvalue weighted by Crippen LogP contribution is -1.68. The molecule has 3 N–H and O–H groups in total. The zero-order valence-electron chi connectivity index (χ0n) is 3.63. The van der Waals surface area contributed by atoms with E-state index in [9.17, 15) is 13.2 Å². The molecular formula is C3H6F3N. The van der Waals surface area contributed by atoms with E-state index in [1.165, 1.54) is 0 Å². The van der Waals surface area contributed by atoms with E-state index in [1.54, 1.807) is 0 Å². The zero-order chi connectivity index (χ0) is 4.99. The van der Waals surface area contributed by atoms with E-state index >= 15 is 0 Å². The van der Waals surface area contributed by atoms with Crippen LogP contribution in [0.1, 0.15) is 0 Å². The summed E-state index contributed by atoms with van der Waals surface area (Å²) in [6, 6.07) is 0. The lowest BCUT2D eigenvalue weighted by molar-refractivity contribution is 0.444. The molecule has 0 heterocycles. The second kappa shape index (κ2) is 5.49. The summed E-state index contributed by atoms with van der Waals surface area (Å²) in [5, 5.41) is 0. The Morgan fingerprint density at radius 2 is 2.00 bits per heavy atom. The lowest BCUT2D eigenvalue weighted by Gasteiger charge is -1.74. The predicted molar refractivity (Wildman–Crippen MR) is 21.3 cm³/mol. The SMILES string of the molecule is FC=C(F)CF.N. The topological polar surface area (TPSA) is 35.0 Å². The van der Waals surface area contributed by atoms with Crippen LogP contribution in [0.4, 0.5) is 13.2 Å². The Morgan fingerprint density at radius 1 is 1.57 bits per heavy atom. The van der Waals surface area contributed by atoms with Crippen LogP contribution in [-0.4, -0.2) is 6.67 Å². The molecule has 0 saturated carbocycles. The van der Waals surface area contributed by atoms with E-state index in [4.69, 9.17) is 0 Å². The highest BCUT2D eigenvalue weighted by atomic mass is 19.2. The molecule has 0 aromatic heterocycles. The molecule has 0 saturated heterocycles. The molecule has 0 amide bonds. The summed E-state index contributed by atoms with van der Waals surface area (Å²) >= 11 is 0. The number of rotatable bonds is 1. The van der Waals surface area contributed by atoms with E-state index < -0.39 is 18.8 Å². The first kappa shape index (κ1) is 9.70. The summed E-state index contributed by atoms with van der Waals surface area (Å²) in [7, 11) is 0. The number of alkyl halides is 1. The maximum atomic E-state index is 11.0. The monoisotopic (exact) mass is 113 g/mol. The third kappa shape index (κ3) is 5.49. The van der Waals surface area contributed by atoms with Crippen molar-refractivity contribution in [2.75, 3.05) is 6.67 Å². The third-order valence-electron chi connectivity index (χ3n) is 0.246. The van der Waals surface area contributed by atoms with Crippen LogP contribution < -0.4 is 6.15 Å². The number of hydrogen-bond acceptors (Lipinski definition) is 1. The fourth-order valence-electron chi connectivity index (χ4n) is 0.0292. The summed E-state index contributed by atoms with van der Waals surface area (Å²) in [5.41, 5.74) is 0. The molecule has 44 valence electrons. The standard InChI is InChI=1S/C3H3F3.H3N/c4-1-3(6)2-5;/h1H,2H2;1H3. The van der Waals surface area contributed by atoms with Crippen molar-refractivity contribution < 1.29 is 13.2 Å². The van der Waals surface area contributed by atoms with Crippen molar-refractivity contribution in [2.24, 2.45) is 0 Å². The largest absolute Gasteiger partial charge is 0.344 e. The molecule has 0 aliphatic rings. The van der Waals surface area contributed by atoms with Crippen LogP contribution in [0, 0.1) is 0 Å². The average molecular weight is 113 g/mol. The first-order chi connectivity index (χ1) is 2.81. The normalized spacial score (nSPS) is 10.4. The van der Waals surface area contributed by atoms with Crippen molar-refractivity contribution in [3.8, 4) is 0 Å². The van der Waals surface area contributed by atoms with Crippen molar-refractivity contribution in [3.63, 3.8) is 0 Å². The Kier molecular flexibility index (Phi) is 7.61. The van der Waals surface area contributed by atoms with Gasteiger partial charge >= 0.3 is 0 Å². The van der Waals surface area contributed by atoms with Crippen molar-refractivity contribution >= 4 is 0 Å². The van der Waals surface area contributed by atoms with Crippen molar-refractivity contribution in [2.45, 2.75) is 0 Å². The second-order valence-electron chi connectivity index (χ2n) is 0.690. The molecule has 0 unspecified atom stereocenters. The fourth-order valence-corrected chi connectivity index (χ4v) is 0.0292. The smallest absolute Gasteiger partial charge is 0.159 e. The van der Waals surface area contributed by atoms with Crippen LogP contribution in [-0.2, 0) is 0 Å². The van der Waals surface area contributed by atoms with Gasteiger partial charge in [-0.3, -0.25) is 0 Å². The highest BCUT2D eigenvalue weighted by Gasteiger charge is 1.86. The van der Waals surface area contributed by atoms with Gasteiger partial charge in [0.2, 0.25) is 0 Å². The molecule has 0 aliphatic carbocycles. The van der Waals surface area contributed by atoms with Gasteiger partial charge in [-0.15, -0.1) is 0 Å². The van der Waals surface area contributed by atoms with E-state index in [2.05, 4.69) is 0 Å². The van der Waals surface area contributed by atoms with Gasteiger partial charge in [0.1, 0.15) is 13.0 Å². The molecule has 0 aliphatic heterocycles. The Hall–Kier alpha value is -0.510. The van der Waals surface area contributed by atoms with Crippen LogP contribution >= 0.6 is 0 Å². The molecule has 0 aromatic rings. The van der Waals surface area contributed by atoms with E-state index in [-0.39, 0.29) is 6.15 Å². The Balaban J connectivity index is 0. The maximum Gasteiger partial charge on any atom is 0.159 e. The maximum absolute atomic E-state index is 11.0. The van der Waals surface area contributed by atoms with Gasteiger partial charge in [0.25, 0.3) is 0 Å². The number of hydrogen-bond donors (Lipinski definition) is 1. The van der Waals surface area contributed by atoms with Crippen molar-refractivity contribution in [1.82, 2.24) is 6.15 Å². The summed E-state index contributed by atoms with van der Waals surface area (Å²) in [6.07, 6.45) is -0.403. The first-order valence-electron chi connectivity index (χ1n) is 1.32. The van der Waals surface area contributed by atoms with Crippen LogP contribution in [0.5, 0.6) is 0 Å². The molecule has 4 heteroatoms.